The number of nitrogens with one attached hydrogen (secondary N) is 2. The molecule has 8 rings (SSSR count). The summed E-state index contributed by atoms with van der Waals surface area (Å²) in [6.07, 6.45) is -2.15. The highest BCUT2D eigenvalue weighted by molar-refractivity contribution is 8.00. The first-order valence-electron chi connectivity index (χ1n) is 20.9. The van der Waals surface area contributed by atoms with E-state index in [1.807, 2.05) is 9.80 Å². The number of aromatic nitrogens is 1. The van der Waals surface area contributed by atoms with Crippen molar-refractivity contribution in [3.63, 3.8) is 0 Å². The van der Waals surface area contributed by atoms with E-state index in [1.165, 1.54) is 47.1 Å². The molecule has 3 aromatic rings. The number of hydrogen-bond donors (Lipinski definition) is 6. The number of amides is 6. The number of aromatic carboxylic acids is 1. The minimum atomic E-state index is -5.08. The Morgan fingerprint density at radius 3 is 2.10 bits per heavy atom. The number of benzene rings is 2. The van der Waals surface area contributed by atoms with E-state index in [-0.39, 0.29) is 66.1 Å². The molecule has 1 aliphatic carbocycles. The fourth-order valence-electron chi connectivity index (χ4n) is 8.20. The second-order valence-electron chi connectivity index (χ2n) is 16.2. The number of carbonyl (C=O) groups excluding carboxylic acids is 5. The molecule has 1 unspecified atom stereocenters. The standard InChI is InChI=1S/C40H41FN8O11S.C2HF3O2/c1-2-45-13-14-47(36(55)35(45)54)40(60)43-29(20-3-7-23(50)8-4-20)33(52)42-30-34(53)49-31(39(58)59)21(19-61-37(30)49)17-44-9-11-46(12-10-44)28-16-27-24(15-26(28)41)32(51)25(38(56)57)18-48(27)22-5-6-22;3-2(4,5)1(6)7/h3-4,7-8,15-16,18,22,29-30,37,50H,2,5-6,9-14,17,19H2,1H3,(H,42,52)(H,43,60)(H,56,57)(H,58,59);(H,6,7)/t29?,30-,37-;/m1./s1. The number of pyridine rings is 1. The van der Waals surface area contributed by atoms with Gasteiger partial charge in [-0.1, -0.05) is 12.1 Å². The predicted octanol–water partition coefficient (Wildman–Crippen LogP) is 1.51. The van der Waals surface area contributed by atoms with Gasteiger partial charge in [0.2, 0.25) is 11.3 Å². The number of imide groups is 1. The van der Waals surface area contributed by atoms with Gasteiger partial charge in [-0.25, -0.2) is 23.6 Å². The molecule has 5 aliphatic rings. The van der Waals surface area contributed by atoms with Crippen LogP contribution >= 0.6 is 11.8 Å². The topological polar surface area (TPSA) is 280 Å². The number of thioether (sulfide) groups is 1. The van der Waals surface area contributed by atoms with Crippen LogP contribution in [0.15, 0.2) is 58.7 Å². The molecule has 3 saturated heterocycles. The van der Waals surface area contributed by atoms with Crippen LogP contribution in [0.3, 0.4) is 0 Å². The number of nitrogens with zero attached hydrogens (tertiary/aromatic N) is 6. The number of fused-ring (bicyclic) bond motifs is 2. The van der Waals surface area contributed by atoms with Crippen LogP contribution in [-0.4, -0.2) is 168 Å². The Hall–Kier alpha value is -7.22. The van der Waals surface area contributed by atoms with Crippen LogP contribution in [0.4, 0.5) is 28.0 Å². The number of piperazine rings is 2. The second kappa shape index (κ2) is 19.2. The van der Waals surface area contributed by atoms with Gasteiger partial charge in [-0.2, -0.15) is 13.2 Å². The highest BCUT2D eigenvalue weighted by Crippen LogP contribution is 2.41. The van der Waals surface area contributed by atoms with Gasteiger partial charge < -0.3 is 45.4 Å². The molecule has 3 atom stereocenters. The monoisotopic (exact) mass is 974 g/mol. The average molecular weight is 975 g/mol. The minimum Gasteiger partial charge on any atom is -0.508 e. The van der Waals surface area contributed by atoms with E-state index in [0.29, 0.717) is 42.2 Å². The first kappa shape index (κ1) is 48.7. The number of carboxylic acids is 3. The Kier molecular flexibility index (Phi) is 13.7. The van der Waals surface area contributed by atoms with Gasteiger partial charge in [0.1, 0.15) is 40.3 Å². The van der Waals surface area contributed by atoms with Crippen LogP contribution < -0.4 is 21.0 Å². The molecule has 4 fully saturated rings. The summed E-state index contributed by atoms with van der Waals surface area (Å²) in [5, 5.41) is 41.2. The van der Waals surface area contributed by atoms with Crippen LogP contribution in [0, 0.1) is 5.82 Å². The summed E-state index contributed by atoms with van der Waals surface area (Å²) in [4.78, 5) is 119. The van der Waals surface area contributed by atoms with Gasteiger partial charge in [0.05, 0.1) is 11.2 Å². The zero-order chi connectivity index (χ0) is 49.5. The molecule has 1 saturated carbocycles. The highest BCUT2D eigenvalue weighted by Gasteiger charge is 2.55. The largest absolute Gasteiger partial charge is 0.508 e. The summed E-state index contributed by atoms with van der Waals surface area (Å²) < 4.78 is 49.1. The summed E-state index contributed by atoms with van der Waals surface area (Å²) in [6, 6.07) is 4.32. The number of carboxylic acid groups (broad SMARTS) is 3. The van der Waals surface area contributed by atoms with E-state index in [4.69, 9.17) is 9.90 Å². The molecular weight excluding hydrogens is 933 g/mol. The van der Waals surface area contributed by atoms with Crippen molar-refractivity contribution in [1.29, 1.82) is 0 Å². The SMILES string of the molecule is CCN1CCN(C(=O)NC(C(=O)N[C@@H]2C(=O)N3C(C(=O)O)=C(CN4CCN(c5cc6c(cc5F)c(=O)c(C(=O)O)cn6C5CC5)CC4)CS[C@H]23)c2ccc(O)cc2)C(=O)C1=O.O=C(O)C(F)(F)F. The Morgan fingerprint density at radius 1 is 0.882 bits per heavy atom. The van der Waals surface area contributed by atoms with E-state index < -0.39 is 88.0 Å². The summed E-state index contributed by atoms with van der Waals surface area (Å²) >= 11 is 1.25. The summed E-state index contributed by atoms with van der Waals surface area (Å²) in [5.41, 5.74) is -0.00766. The Morgan fingerprint density at radius 2 is 1.53 bits per heavy atom. The number of carbonyl (C=O) groups is 8. The third-order valence-corrected chi connectivity index (χ3v) is 13.2. The molecule has 2 aromatic carbocycles. The van der Waals surface area contributed by atoms with E-state index in [9.17, 15) is 66.8 Å². The molecule has 1 aromatic heterocycles. The van der Waals surface area contributed by atoms with Gasteiger partial charge >= 0.3 is 41.9 Å². The van der Waals surface area contributed by atoms with Gasteiger partial charge in [-0.15, -0.1) is 11.8 Å². The number of likely N-dealkylation sites (N-methyl/N-ethyl adjacent to an activating group) is 1. The third-order valence-electron chi connectivity index (χ3n) is 11.9. The first-order valence-corrected chi connectivity index (χ1v) is 22.0. The Bertz CT molecular complexity index is 2700. The van der Waals surface area contributed by atoms with E-state index >= 15 is 4.39 Å². The smallest absolute Gasteiger partial charge is 0.490 e. The van der Waals surface area contributed by atoms with Crippen LogP contribution in [0.25, 0.3) is 10.9 Å². The molecule has 26 heteroatoms. The molecule has 4 aliphatic heterocycles. The van der Waals surface area contributed by atoms with Crippen LogP contribution in [-0.2, 0) is 28.8 Å². The van der Waals surface area contributed by atoms with E-state index in [0.717, 1.165) is 23.8 Å². The number of hydrogen-bond acceptors (Lipinski definition) is 13. The number of urea groups is 1. The summed E-state index contributed by atoms with van der Waals surface area (Å²) in [5.74, 6) is -9.53. The van der Waals surface area contributed by atoms with Crippen molar-refractivity contribution >= 4 is 75.9 Å². The molecule has 6 amide bonds. The van der Waals surface area contributed by atoms with Gasteiger partial charge in [-0.3, -0.25) is 38.7 Å². The lowest BCUT2D eigenvalue weighted by molar-refractivity contribution is -0.192. The zero-order valence-corrected chi connectivity index (χ0v) is 36.5. The number of aromatic hydroxyl groups is 1. The maximum absolute atomic E-state index is 15.6. The van der Waals surface area contributed by atoms with Crippen LogP contribution in [0.5, 0.6) is 5.75 Å². The van der Waals surface area contributed by atoms with Crippen molar-refractivity contribution in [2.75, 3.05) is 63.0 Å². The number of halogens is 4. The maximum Gasteiger partial charge on any atom is 0.490 e. The van der Waals surface area contributed by atoms with Gasteiger partial charge in [0.25, 0.3) is 5.91 Å². The van der Waals surface area contributed by atoms with Gasteiger partial charge in [0.15, 0.2) is 0 Å². The third kappa shape index (κ3) is 9.76. The van der Waals surface area contributed by atoms with Crippen molar-refractivity contribution in [3.8, 4) is 5.75 Å². The molecule has 0 bridgehead atoms. The van der Waals surface area contributed by atoms with Crippen molar-refractivity contribution in [2.24, 2.45) is 0 Å². The van der Waals surface area contributed by atoms with Crippen LogP contribution in [0.1, 0.15) is 47.8 Å². The summed E-state index contributed by atoms with van der Waals surface area (Å²) in [7, 11) is 0. The lowest BCUT2D eigenvalue weighted by atomic mass is 10.0. The Balaban J connectivity index is 0.000000908. The first-order chi connectivity index (χ1) is 32.1. The number of aliphatic carboxylic acids is 2. The zero-order valence-electron chi connectivity index (χ0n) is 35.7. The number of alkyl halides is 3. The van der Waals surface area contributed by atoms with Gasteiger partial charge in [-0.05, 0) is 55.2 Å². The molecule has 0 spiro atoms. The molecule has 5 heterocycles. The summed E-state index contributed by atoms with van der Waals surface area (Å²) in [6.45, 7) is 3.65. The molecule has 6 N–H and O–H groups in total. The molecular formula is C42H42F4N8O13S. The molecule has 0 radical (unpaired) electrons. The molecule has 21 nitrogen and oxygen atoms in total. The van der Waals surface area contributed by atoms with Crippen molar-refractivity contribution in [1.82, 2.24) is 34.8 Å². The maximum atomic E-state index is 15.6. The van der Waals surface area contributed by atoms with Crippen molar-refractivity contribution in [3.05, 3.63) is 81.0 Å². The lowest BCUT2D eigenvalue weighted by Gasteiger charge is -2.50. The second-order valence-corrected chi connectivity index (χ2v) is 17.3. The molecule has 68 heavy (non-hydrogen) atoms. The number of β-lactam (4-membered cyclic amide) rings is 1. The quantitative estimate of drug-likeness (QED) is 0.0903. The number of phenols is 1. The van der Waals surface area contributed by atoms with E-state index in [1.54, 1.807) is 17.6 Å². The lowest BCUT2D eigenvalue weighted by Crippen LogP contribution is -2.71. The fourth-order valence-corrected chi connectivity index (χ4v) is 9.54. The number of anilines is 1. The molecule has 362 valence electrons. The fraction of sp³-hybridized carbons (Fsp3) is 0.405. The van der Waals surface area contributed by atoms with Crippen molar-refractivity contribution < 1.29 is 76.3 Å². The Labute approximate surface area is 385 Å². The minimum absolute atomic E-state index is 0.00722. The predicted molar refractivity (Wildman–Crippen MR) is 229 cm³/mol. The van der Waals surface area contributed by atoms with Crippen LogP contribution in [0.2, 0.25) is 0 Å². The van der Waals surface area contributed by atoms with Crippen molar-refractivity contribution in [2.45, 2.75) is 49.4 Å². The number of rotatable bonds is 11. The average Bonchev–Trinajstić information content (AvgIpc) is 4.14. The highest BCUT2D eigenvalue weighted by atomic mass is 32.2. The number of phenolic OH excluding ortho intramolecular Hbond substituents is 1. The van der Waals surface area contributed by atoms with Gasteiger partial charge in [0, 0.05) is 75.7 Å². The normalized spacial score (nSPS) is 20.3. The van der Waals surface area contributed by atoms with E-state index in [2.05, 4.69) is 10.6 Å².